The van der Waals surface area contributed by atoms with Gasteiger partial charge in [-0.3, -0.25) is 4.57 Å². The van der Waals surface area contributed by atoms with Gasteiger partial charge >= 0.3 is 8.25 Å². The van der Waals surface area contributed by atoms with Crippen LogP contribution in [0.3, 0.4) is 0 Å². The smallest absolute Gasteiger partial charge is 0.316 e. The monoisotopic (exact) mass is 357 g/mol. The first-order chi connectivity index (χ1) is 11.3. The second-order valence-electron chi connectivity index (χ2n) is 5.80. The van der Waals surface area contributed by atoms with Crippen LogP contribution in [0.5, 0.6) is 0 Å². The predicted molar refractivity (Wildman–Crippen MR) is 90.4 cm³/mol. The average Bonchev–Trinajstić information content (AvgIpc) is 2.50. The Hall–Kier alpha value is -1.83. The molecule has 0 bridgehead atoms. The summed E-state index contributed by atoms with van der Waals surface area (Å²) in [7, 11) is -3.05. The quantitative estimate of drug-likeness (QED) is 0.616. The molecule has 0 aliphatic carbocycles. The highest BCUT2D eigenvalue weighted by atomic mass is 31.1. The lowest BCUT2D eigenvalue weighted by Crippen LogP contribution is -2.39. The van der Waals surface area contributed by atoms with Gasteiger partial charge in [0, 0.05) is 6.07 Å². The van der Waals surface area contributed by atoms with E-state index < -0.39 is 19.6 Å². The lowest BCUT2D eigenvalue weighted by molar-refractivity contribution is 0.218. The Labute approximate surface area is 139 Å². The number of hydrogen-bond donors (Lipinski definition) is 3. The number of nitrogens with zero attached hydrogens (tertiary/aromatic N) is 3. The van der Waals surface area contributed by atoms with Gasteiger partial charge in [0.15, 0.2) is 5.82 Å². The molecule has 0 spiro atoms. The van der Waals surface area contributed by atoms with Crippen LogP contribution in [0, 0.1) is 5.82 Å². The van der Waals surface area contributed by atoms with Crippen LogP contribution >= 0.6 is 8.25 Å². The Morgan fingerprint density at radius 2 is 2.25 bits per heavy atom. The number of fused-ring (bicyclic) bond motifs is 1. The largest absolute Gasteiger partial charge is 0.368 e. The van der Waals surface area contributed by atoms with Crippen molar-refractivity contribution in [3.63, 3.8) is 0 Å². The third kappa shape index (κ3) is 4.83. The van der Waals surface area contributed by atoms with Crippen molar-refractivity contribution in [2.75, 3.05) is 17.7 Å². The maximum atomic E-state index is 13.4. The van der Waals surface area contributed by atoms with E-state index in [9.17, 15) is 8.96 Å². The number of nitrogens with two attached hydrogens (primary N) is 1. The van der Waals surface area contributed by atoms with E-state index in [1.54, 1.807) is 0 Å². The van der Waals surface area contributed by atoms with Crippen LogP contribution in [-0.2, 0) is 9.09 Å². The number of hydrogen-bond acceptors (Lipinski definition) is 7. The average molecular weight is 357 g/mol. The fourth-order valence-electron chi connectivity index (χ4n) is 2.34. The molecule has 2 heterocycles. The molecule has 0 saturated heterocycles. The minimum atomic E-state index is -3.05. The van der Waals surface area contributed by atoms with Crippen molar-refractivity contribution in [1.29, 1.82) is 0 Å². The van der Waals surface area contributed by atoms with Crippen LogP contribution in [0.2, 0.25) is 0 Å². The summed E-state index contributed by atoms with van der Waals surface area (Å²) in [4.78, 5) is 21.1. The number of nitrogen functional groups attached to an aromatic ring is 1. The first-order valence-corrected chi connectivity index (χ1v) is 8.82. The van der Waals surface area contributed by atoms with Gasteiger partial charge < -0.3 is 20.5 Å². The van der Waals surface area contributed by atoms with E-state index in [2.05, 4.69) is 20.3 Å². The van der Waals surface area contributed by atoms with E-state index in [0.717, 1.165) is 19.0 Å². The number of halogens is 1. The molecule has 2 atom stereocenters. The maximum absolute atomic E-state index is 13.4. The fourth-order valence-corrected chi connectivity index (χ4v) is 2.79. The van der Waals surface area contributed by atoms with E-state index >= 15 is 0 Å². The van der Waals surface area contributed by atoms with Gasteiger partial charge in [0.05, 0.1) is 23.9 Å². The van der Waals surface area contributed by atoms with Crippen molar-refractivity contribution in [3.8, 4) is 0 Å². The van der Waals surface area contributed by atoms with Crippen LogP contribution in [0.1, 0.15) is 33.1 Å². The van der Waals surface area contributed by atoms with Crippen LogP contribution in [0.4, 0.5) is 16.2 Å². The van der Waals surface area contributed by atoms with Gasteiger partial charge in [-0.15, -0.1) is 0 Å². The normalized spacial score (nSPS) is 15.2. The molecule has 0 aliphatic rings. The van der Waals surface area contributed by atoms with Crippen molar-refractivity contribution < 1.29 is 18.4 Å². The molecule has 0 saturated carbocycles. The third-order valence-corrected chi connectivity index (χ3v) is 3.93. The Morgan fingerprint density at radius 1 is 1.50 bits per heavy atom. The van der Waals surface area contributed by atoms with Gasteiger partial charge in [0.25, 0.3) is 0 Å². The molecule has 2 aromatic heterocycles. The minimum absolute atomic E-state index is 0.00783. The number of rotatable bonds is 8. The molecule has 0 fully saturated rings. The Morgan fingerprint density at radius 3 is 2.92 bits per heavy atom. The fraction of sp³-hybridized carbons (Fsp3) is 0.500. The molecular formula is C14H21FN5O3P. The molecule has 1 unspecified atom stereocenters. The highest BCUT2D eigenvalue weighted by Crippen LogP contribution is 2.28. The van der Waals surface area contributed by atoms with Gasteiger partial charge in [-0.2, -0.15) is 4.98 Å². The second kappa shape index (κ2) is 7.83. The van der Waals surface area contributed by atoms with Crippen molar-refractivity contribution in [2.24, 2.45) is 0 Å². The second-order valence-corrected chi connectivity index (χ2v) is 6.62. The topological polar surface area (TPSA) is 123 Å². The molecule has 24 heavy (non-hydrogen) atoms. The van der Waals surface area contributed by atoms with Gasteiger partial charge in [-0.05, 0) is 13.3 Å². The van der Waals surface area contributed by atoms with Crippen LogP contribution in [-0.4, -0.2) is 32.0 Å². The van der Waals surface area contributed by atoms with Gasteiger partial charge in [0.1, 0.15) is 11.3 Å². The Bertz CT molecular complexity index is 742. The summed E-state index contributed by atoms with van der Waals surface area (Å²) in [6.45, 7) is 3.90. The molecule has 132 valence electrons. The lowest BCUT2D eigenvalue weighted by atomic mass is 9.96. The predicted octanol–water partition coefficient (Wildman–Crippen LogP) is 2.51. The zero-order valence-corrected chi connectivity index (χ0v) is 14.5. The Kier molecular flexibility index (Phi) is 6.04. The molecule has 2 rings (SSSR count). The zero-order valence-electron chi connectivity index (χ0n) is 13.5. The third-order valence-electron chi connectivity index (χ3n) is 3.54. The highest BCUT2D eigenvalue weighted by molar-refractivity contribution is 7.32. The minimum Gasteiger partial charge on any atom is -0.368 e. The number of pyridine rings is 1. The Balaban J connectivity index is 2.37. The SMILES string of the molecule is CCCC[C@](C)(CO[PH](=O)O)Nc1nc(N)nc2cc(F)cnc12. The van der Waals surface area contributed by atoms with Gasteiger partial charge in [0.2, 0.25) is 5.95 Å². The maximum Gasteiger partial charge on any atom is 0.316 e. The summed E-state index contributed by atoms with van der Waals surface area (Å²) >= 11 is 0. The van der Waals surface area contributed by atoms with Crippen molar-refractivity contribution in [2.45, 2.75) is 38.6 Å². The molecule has 8 nitrogen and oxygen atoms in total. The van der Waals surface area contributed by atoms with E-state index in [1.807, 2.05) is 13.8 Å². The van der Waals surface area contributed by atoms with Gasteiger partial charge in [-0.25, -0.2) is 14.4 Å². The zero-order chi connectivity index (χ0) is 17.7. The van der Waals surface area contributed by atoms with E-state index in [0.29, 0.717) is 17.8 Å². The molecule has 0 amide bonds. The van der Waals surface area contributed by atoms with Gasteiger partial charge in [-0.1, -0.05) is 19.8 Å². The standard InChI is InChI=1S/C14H21FN5O3P/c1-3-4-5-14(2,8-23-24(21)22)20-12-11-10(18-13(16)19-12)6-9(15)7-17-11/h6-7,24H,3-5,8H2,1-2H3,(H,21,22)(H3,16,18,19,20)/t14-/m1/s1. The van der Waals surface area contributed by atoms with Crippen LogP contribution in [0.15, 0.2) is 12.3 Å². The summed E-state index contributed by atoms with van der Waals surface area (Å²) in [5.74, 6) is -0.216. The molecule has 0 aliphatic heterocycles. The van der Waals surface area contributed by atoms with Crippen molar-refractivity contribution in [1.82, 2.24) is 15.0 Å². The summed E-state index contributed by atoms with van der Waals surface area (Å²) < 4.78 is 29.2. The summed E-state index contributed by atoms with van der Waals surface area (Å²) in [6, 6.07) is 1.22. The molecule has 0 aromatic carbocycles. The van der Waals surface area contributed by atoms with E-state index in [1.165, 1.54) is 6.07 Å². The molecule has 0 radical (unpaired) electrons. The molecular weight excluding hydrogens is 336 g/mol. The number of anilines is 2. The van der Waals surface area contributed by atoms with E-state index in [-0.39, 0.29) is 18.1 Å². The first-order valence-electron chi connectivity index (χ1n) is 7.55. The lowest BCUT2D eigenvalue weighted by Gasteiger charge is -2.31. The summed E-state index contributed by atoms with van der Waals surface area (Å²) in [5.41, 5.74) is 5.67. The summed E-state index contributed by atoms with van der Waals surface area (Å²) in [5, 5.41) is 3.17. The number of nitrogens with one attached hydrogen (secondary N) is 1. The summed E-state index contributed by atoms with van der Waals surface area (Å²) in [6.07, 6.45) is 3.56. The number of aromatic nitrogens is 3. The number of unbranched alkanes of at least 4 members (excludes halogenated alkanes) is 1. The first kappa shape index (κ1) is 18.5. The van der Waals surface area contributed by atoms with E-state index in [4.69, 9.17) is 15.2 Å². The molecule has 2 aromatic rings. The van der Waals surface area contributed by atoms with Crippen LogP contribution in [0.25, 0.3) is 11.0 Å². The molecule has 10 heteroatoms. The molecule has 4 N–H and O–H groups in total. The highest BCUT2D eigenvalue weighted by Gasteiger charge is 2.27. The van der Waals surface area contributed by atoms with Crippen LogP contribution < -0.4 is 11.1 Å². The van der Waals surface area contributed by atoms with Crippen molar-refractivity contribution >= 4 is 31.1 Å². The van der Waals surface area contributed by atoms with Crippen molar-refractivity contribution in [3.05, 3.63) is 18.1 Å².